The molecular formula is C13H19N5O. The van der Waals surface area contributed by atoms with Crippen molar-refractivity contribution in [3.8, 4) is 11.6 Å². The fourth-order valence-corrected chi connectivity index (χ4v) is 2.31. The Labute approximate surface area is 112 Å². The average Bonchev–Trinajstić information content (AvgIpc) is 3.07. The van der Waals surface area contributed by atoms with E-state index in [1.807, 2.05) is 12.1 Å². The molecule has 0 amide bonds. The number of furan rings is 1. The number of aromatic nitrogens is 3. The largest absolute Gasteiger partial charge is 0.458 e. The lowest BCUT2D eigenvalue weighted by Gasteiger charge is -2.30. The van der Waals surface area contributed by atoms with Crippen LogP contribution in [-0.4, -0.2) is 40.9 Å². The third kappa shape index (κ3) is 2.49. The molecule has 6 nitrogen and oxygen atoms in total. The molecule has 1 atom stereocenters. The maximum Gasteiger partial charge on any atom is 0.245 e. The lowest BCUT2D eigenvalue weighted by Crippen LogP contribution is -2.49. The van der Waals surface area contributed by atoms with Gasteiger partial charge in [-0.25, -0.2) is 0 Å². The highest BCUT2D eigenvalue weighted by atomic mass is 16.3. The van der Waals surface area contributed by atoms with Gasteiger partial charge in [0.15, 0.2) is 11.6 Å². The van der Waals surface area contributed by atoms with Gasteiger partial charge in [0.25, 0.3) is 0 Å². The van der Waals surface area contributed by atoms with E-state index in [0.717, 1.165) is 43.5 Å². The summed E-state index contributed by atoms with van der Waals surface area (Å²) in [5, 5.41) is 10.6. The second-order valence-electron chi connectivity index (χ2n) is 4.90. The first-order valence-electron chi connectivity index (χ1n) is 6.76. The van der Waals surface area contributed by atoms with Gasteiger partial charge < -0.3 is 14.6 Å². The number of hydrogen-bond donors (Lipinski definition) is 2. The van der Waals surface area contributed by atoms with Crippen LogP contribution >= 0.6 is 0 Å². The molecule has 0 aliphatic carbocycles. The summed E-state index contributed by atoms with van der Waals surface area (Å²) in [6.45, 7) is 7.05. The monoisotopic (exact) mass is 261 g/mol. The van der Waals surface area contributed by atoms with Crippen molar-refractivity contribution in [2.45, 2.75) is 26.3 Å². The van der Waals surface area contributed by atoms with Crippen LogP contribution in [0.15, 0.2) is 16.5 Å². The highest BCUT2D eigenvalue weighted by Gasteiger charge is 2.20. The van der Waals surface area contributed by atoms with Crippen molar-refractivity contribution in [3.63, 3.8) is 0 Å². The van der Waals surface area contributed by atoms with Crippen molar-refractivity contribution < 1.29 is 4.42 Å². The molecule has 3 rings (SSSR count). The van der Waals surface area contributed by atoms with Gasteiger partial charge in [0, 0.05) is 32.1 Å². The fraction of sp³-hybridized carbons (Fsp3) is 0.538. The van der Waals surface area contributed by atoms with Crippen molar-refractivity contribution >= 4 is 5.95 Å². The van der Waals surface area contributed by atoms with Crippen molar-refractivity contribution in [1.82, 2.24) is 20.5 Å². The molecule has 1 aliphatic heterocycles. The number of aromatic amines is 1. The lowest BCUT2D eigenvalue weighted by atomic mass is 10.2. The molecule has 0 unspecified atom stereocenters. The second kappa shape index (κ2) is 5.05. The summed E-state index contributed by atoms with van der Waals surface area (Å²) in [6, 6.07) is 4.37. The van der Waals surface area contributed by atoms with E-state index in [1.165, 1.54) is 0 Å². The molecule has 0 aromatic carbocycles. The first-order chi connectivity index (χ1) is 9.26. The summed E-state index contributed by atoms with van der Waals surface area (Å²) in [7, 11) is 0. The number of anilines is 1. The number of piperazine rings is 1. The summed E-state index contributed by atoms with van der Waals surface area (Å²) in [5.74, 6) is 3.15. The second-order valence-corrected chi connectivity index (χ2v) is 4.90. The molecule has 1 saturated heterocycles. The van der Waals surface area contributed by atoms with Crippen LogP contribution in [0.5, 0.6) is 0 Å². The van der Waals surface area contributed by atoms with Crippen LogP contribution in [0.2, 0.25) is 0 Å². The number of rotatable bonds is 3. The molecule has 0 saturated carbocycles. The minimum Gasteiger partial charge on any atom is -0.458 e. The van der Waals surface area contributed by atoms with Crippen molar-refractivity contribution in [2.24, 2.45) is 0 Å². The molecule has 0 radical (unpaired) electrons. The zero-order chi connectivity index (χ0) is 13.2. The van der Waals surface area contributed by atoms with Gasteiger partial charge in [-0.15, -0.1) is 5.10 Å². The smallest absolute Gasteiger partial charge is 0.245 e. The Morgan fingerprint density at radius 2 is 2.37 bits per heavy atom. The van der Waals surface area contributed by atoms with Crippen LogP contribution in [0.4, 0.5) is 5.95 Å². The van der Waals surface area contributed by atoms with Crippen LogP contribution in [0, 0.1) is 0 Å². The summed E-state index contributed by atoms with van der Waals surface area (Å²) in [6.07, 6.45) is 0.885. The maximum absolute atomic E-state index is 5.68. The quantitative estimate of drug-likeness (QED) is 0.874. The predicted molar refractivity (Wildman–Crippen MR) is 73.1 cm³/mol. The van der Waals surface area contributed by atoms with Gasteiger partial charge in [-0.05, 0) is 19.1 Å². The Hall–Kier alpha value is -1.82. The highest BCUT2D eigenvalue weighted by Crippen LogP contribution is 2.21. The van der Waals surface area contributed by atoms with Crippen molar-refractivity contribution in [1.29, 1.82) is 0 Å². The number of hydrogen-bond acceptors (Lipinski definition) is 5. The SMILES string of the molecule is CCc1ccc(-c2nc(N3CCN[C@@H](C)C3)n[nH]2)o1. The molecular weight excluding hydrogens is 242 g/mol. The predicted octanol–water partition coefficient (Wildman–Crippen LogP) is 1.43. The number of nitrogens with one attached hydrogen (secondary N) is 2. The molecule has 1 aliphatic rings. The molecule has 1 fully saturated rings. The Bertz CT molecular complexity index is 547. The van der Waals surface area contributed by atoms with Gasteiger partial charge in [-0.2, -0.15) is 4.98 Å². The van der Waals surface area contributed by atoms with E-state index in [1.54, 1.807) is 0 Å². The van der Waals surface area contributed by atoms with E-state index in [4.69, 9.17) is 4.42 Å². The Morgan fingerprint density at radius 3 is 3.11 bits per heavy atom. The summed E-state index contributed by atoms with van der Waals surface area (Å²) in [5.41, 5.74) is 0. The van der Waals surface area contributed by atoms with Crippen molar-refractivity contribution in [3.05, 3.63) is 17.9 Å². The third-order valence-electron chi connectivity index (χ3n) is 3.37. The minimum atomic E-state index is 0.464. The van der Waals surface area contributed by atoms with Gasteiger partial charge in [-0.1, -0.05) is 6.92 Å². The van der Waals surface area contributed by atoms with Crippen LogP contribution in [-0.2, 0) is 6.42 Å². The summed E-state index contributed by atoms with van der Waals surface area (Å²) < 4.78 is 5.68. The Balaban J connectivity index is 1.78. The molecule has 3 heterocycles. The number of H-pyrrole nitrogens is 1. The van der Waals surface area contributed by atoms with Gasteiger partial charge in [0.2, 0.25) is 5.95 Å². The van der Waals surface area contributed by atoms with Gasteiger partial charge in [0.05, 0.1) is 0 Å². The van der Waals surface area contributed by atoms with E-state index in [0.29, 0.717) is 11.9 Å². The van der Waals surface area contributed by atoms with Crippen LogP contribution in [0.3, 0.4) is 0 Å². The fourth-order valence-electron chi connectivity index (χ4n) is 2.31. The molecule has 6 heteroatoms. The molecule has 102 valence electrons. The first kappa shape index (κ1) is 12.2. The number of aryl methyl sites for hydroxylation is 1. The summed E-state index contributed by atoms with van der Waals surface area (Å²) >= 11 is 0. The van der Waals surface area contributed by atoms with E-state index < -0.39 is 0 Å². The normalized spacial score (nSPS) is 19.9. The van der Waals surface area contributed by atoms with Crippen LogP contribution < -0.4 is 10.2 Å². The zero-order valence-corrected chi connectivity index (χ0v) is 11.3. The van der Waals surface area contributed by atoms with E-state index >= 15 is 0 Å². The standard InChI is InChI=1S/C13H19N5O/c1-3-10-4-5-11(19-10)12-15-13(17-16-12)18-7-6-14-9(2)8-18/h4-5,9,14H,3,6-8H2,1-2H3,(H,15,16,17)/t9-/m0/s1. The Morgan fingerprint density at radius 1 is 1.47 bits per heavy atom. The number of nitrogens with zero attached hydrogens (tertiary/aromatic N) is 3. The lowest BCUT2D eigenvalue weighted by molar-refractivity contribution is 0.480. The van der Waals surface area contributed by atoms with Gasteiger partial charge >= 0.3 is 0 Å². The highest BCUT2D eigenvalue weighted by molar-refractivity contribution is 5.49. The molecule has 2 aromatic heterocycles. The molecule has 19 heavy (non-hydrogen) atoms. The zero-order valence-electron chi connectivity index (χ0n) is 11.3. The third-order valence-corrected chi connectivity index (χ3v) is 3.37. The van der Waals surface area contributed by atoms with Crippen LogP contribution in [0.1, 0.15) is 19.6 Å². The summed E-state index contributed by atoms with van der Waals surface area (Å²) in [4.78, 5) is 6.71. The first-order valence-corrected chi connectivity index (χ1v) is 6.76. The van der Waals surface area contributed by atoms with Gasteiger partial charge in [-0.3, -0.25) is 5.10 Å². The van der Waals surface area contributed by atoms with E-state index in [2.05, 4.69) is 39.2 Å². The van der Waals surface area contributed by atoms with Crippen LogP contribution in [0.25, 0.3) is 11.6 Å². The minimum absolute atomic E-state index is 0.464. The van der Waals surface area contributed by atoms with Crippen molar-refractivity contribution in [2.75, 3.05) is 24.5 Å². The average molecular weight is 261 g/mol. The molecule has 2 N–H and O–H groups in total. The topological polar surface area (TPSA) is 70.0 Å². The Kier molecular flexibility index (Phi) is 3.25. The maximum atomic E-state index is 5.68. The molecule has 2 aromatic rings. The molecule has 0 bridgehead atoms. The van der Waals surface area contributed by atoms with E-state index in [9.17, 15) is 0 Å². The van der Waals surface area contributed by atoms with E-state index in [-0.39, 0.29) is 0 Å². The van der Waals surface area contributed by atoms with Gasteiger partial charge in [0.1, 0.15) is 5.76 Å². The molecule has 0 spiro atoms.